The molecule has 2 N–H and O–H groups in total. The standard InChI is InChI=1S/C3H3ClN2O2S2/c4-10(7,8)2-1-6-3(5)9-2/h1H,(H2,5,6). The van der Waals surface area contributed by atoms with Crippen molar-refractivity contribution in [2.24, 2.45) is 0 Å². The second-order valence-corrected chi connectivity index (χ2v) is 5.31. The molecule has 7 heteroatoms. The van der Waals surface area contributed by atoms with Crippen LogP contribution in [-0.2, 0) is 9.05 Å². The summed E-state index contributed by atoms with van der Waals surface area (Å²) in [6, 6.07) is 0. The number of hydrogen-bond acceptors (Lipinski definition) is 5. The lowest BCUT2D eigenvalue weighted by Gasteiger charge is -1.82. The van der Waals surface area contributed by atoms with E-state index in [4.69, 9.17) is 16.4 Å². The average Bonchev–Trinajstić information content (AvgIpc) is 2.11. The van der Waals surface area contributed by atoms with Gasteiger partial charge in [0.05, 0.1) is 6.20 Å². The highest BCUT2D eigenvalue weighted by molar-refractivity contribution is 8.15. The van der Waals surface area contributed by atoms with Gasteiger partial charge in [0.2, 0.25) is 0 Å². The zero-order valence-corrected chi connectivity index (χ0v) is 7.00. The number of anilines is 1. The van der Waals surface area contributed by atoms with E-state index in [1.807, 2.05) is 0 Å². The topological polar surface area (TPSA) is 73.0 Å². The van der Waals surface area contributed by atoms with E-state index in [0.717, 1.165) is 17.5 Å². The Morgan fingerprint density at radius 2 is 2.30 bits per heavy atom. The second-order valence-electron chi connectivity index (χ2n) is 1.46. The third kappa shape index (κ3) is 1.59. The molecule has 0 aromatic carbocycles. The van der Waals surface area contributed by atoms with Gasteiger partial charge in [0, 0.05) is 10.7 Å². The summed E-state index contributed by atoms with van der Waals surface area (Å²) < 4.78 is 21.0. The summed E-state index contributed by atoms with van der Waals surface area (Å²) in [6.45, 7) is 0. The zero-order chi connectivity index (χ0) is 7.78. The van der Waals surface area contributed by atoms with Gasteiger partial charge in [-0.1, -0.05) is 11.3 Å². The quantitative estimate of drug-likeness (QED) is 0.673. The molecule has 1 aromatic heterocycles. The fourth-order valence-electron chi connectivity index (χ4n) is 0.385. The first kappa shape index (κ1) is 7.77. The molecule has 0 spiro atoms. The summed E-state index contributed by atoms with van der Waals surface area (Å²) in [4.78, 5) is 3.52. The fourth-order valence-corrected chi connectivity index (χ4v) is 2.04. The van der Waals surface area contributed by atoms with Gasteiger partial charge in [0.1, 0.15) is 0 Å². The molecule has 4 nitrogen and oxygen atoms in total. The van der Waals surface area contributed by atoms with E-state index < -0.39 is 9.05 Å². The molecule has 0 atom stereocenters. The van der Waals surface area contributed by atoms with Gasteiger partial charge < -0.3 is 5.73 Å². The van der Waals surface area contributed by atoms with Crippen LogP contribution in [0.5, 0.6) is 0 Å². The van der Waals surface area contributed by atoms with Crippen molar-refractivity contribution in [3.8, 4) is 0 Å². The first-order chi connectivity index (χ1) is 4.50. The van der Waals surface area contributed by atoms with Gasteiger partial charge in [-0.2, -0.15) is 0 Å². The van der Waals surface area contributed by atoms with Gasteiger partial charge in [-0.25, -0.2) is 13.4 Å². The molecule has 56 valence electrons. The van der Waals surface area contributed by atoms with Crippen LogP contribution in [0, 0.1) is 0 Å². The van der Waals surface area contributed by atoms with Gasteiger partial charge in [-0.3, -0.25) is 0 Å². The van der Waals surface area contributed by atoms with Crippen LogP contribution in [0.25, 0.3) is 0 Å². The van der Waals surface area contributed by atoms with E-state index in [1.165, 1.54) is 0 Å². The first-order valence-electron chi connectivity index (χ1n) is 2.16. The lowest BCUT2D eigenvalue weighted by atomic mass is 11.0. The maximum atomic E-state index is 10.5. The molecule has 1 heterocycles. The Bertz CT molecular complexity index is 330. The lowest BCUT2D eigenvalue weighted by Crippen LogP contribution is -1.83. The molecule has 0 radical (unpaired) electrons. The monoisotopic (exact) mass is 198 g/mol. The van der Waals surface area contributed by atoms with Crippen LogP contribution < -0.4 is 5.73 Å². The Balaban J connectivity index is 3.21. The highest BCUT2D eigenvalue weighted by Gasteiger charge is 2.12. The molecule has 0 aliphatic rings. The van der Waals surface area contributed by atoms with Crippen LogP contribution >= 0.6 is 22.0 Å². The molecular weight excluding hydrogens is 196 g/mol. The Hall–Kier alpha value is -0.330. The van der Waals surface area contributed by atoms with E-state index in [2.05, 4.69) is 4.98 Å². The molecule has 0 bridgehead atoms. The molecule has 0 aliphatic carbocycles. The van der Waals surface area contributed by atoms with Gasteiger partial charge in [0.15, 0.2) is 9.34 Å². The first-order valence-corrected chi connectivity index (χ1v) is 5.29. The van der Waals surface area contributed by atoms with Crippen molar-refractivity contribution >= 4 is 36.2 Å². The normalized spacial score (nSPS) is 11.7. The minimum Gasteiger partial charge on any atom is -0.375 e. The van der Waals surface area contributed by atoms with Crippen molar-refractivity contribution in [3.05, 3.63) is 6.20 Å². The summed E-state index contributed by atoms with van der Waals surface area (Å²) in [5, 5.41) is 0.194. The number of halogens is 1. The molecule has 1 rings (SSSR count). The van der Waals surface area contributed by atoms with Crippen molar-refractivity contribution < 1.29 is 8.42 Å². The van der Waals surface area contributed by atoms with E-state index >= 15 is 0 Å². The van der Waals surface area contributed by atoms with E-state index in [0.29, 0.717) is 0 Å². The Kier molecular flexibility index (Phi) is 1.84. The zero-order valence-electron chi connectivity index (χ0n) is 4.61. The van der Waals surface area contributed by atoms with Crippen LogP contribution in [0.3, 0.4) is 0 Å². The van der Waals surface area contributed by atoms with Crippen molar-refractivity contribution in [2.75, 3.05) is 5.73 Å². The van der Waals surface area contributed by atoms with E-state index in [-0.39, 0.29) is 9.34 Å². The molecule has 0 fully saturated rings. The van der Waals surface area contributed by atoms with E-state index in [1.54, 1.807) is 0 Å². The molecule has 0 aliphatic heterocycles. The number of thiazole rings is 1. The molecular formula is C3H3ClN2O2S2. The molecule has 1 aromatic rings. The predicted molar refractivity (Wildman–Crippen MR) is 39.6 cm³/mol. The predicted octanol–water partition coefficient (Wildman–Crippen LogP) is 0.653. The van der Waals surface area contributed by atoms with Crippen LogP contribution in [0.2, 0.25) is 0 Å². The minimum atomic E-state index is -3.63. The summed E-state index contributed by atoms with van der Waals surface area (Å²) in [5.74, 6) is 0. The van der Waals surface area contributed by atoms with Gasteiger partial charge in [-0.05, 0) is 0 Å². The molecule has 0 saturated heterocycles. The molecule has 10 heavy (non-hydrogen) atoms. The number of nitrogen functional groups attached to an aromatic ring is 1. The van der Waals surface area contributed by atoms with Gasteiger partial charge >= 0.3 is 0 Å². The highest BCUT2D eigenvalue weighted by Crippen LogP contribution is 2.22. The Morgan fingerprint density at radius 1 is 1.70 bits per heavy atom. The third-order valence-corrected chi connectivity index (χ3v) is 3.63. The average molecular weight is 199 g/mol. The summed E-state index contributed by atoms with van der Waals surface area (Å²) >= 11 is 0.841. The third-order valence-electron chi connectivity index (χ3n) is 0.743. The maximum Gasteiger partial charge on any atom is 0.272 e. The van der Waals surface area contributed by atoms with Crippen molar-refractivity contribution in [3.63, 3.8) is 0 Å². The van der Waals surface area contributed by atoms with Crippen molar-refractivity contribution in [2.45, 2.75) is 4.21 Å². The number of nitrogens with zero attached hydrogens (tertiary/aromatic N) is 1. The van der Waals surface area contributed by atoms with Crippen LogP contribution in [0.4, 0.5) is 5.13 Å². The van der Waals surface area contributed by atoms with Crippen molar-refractivity contribution in [1.82, 2.24) is 4.98 Å². The molecule has 0 unspecified atom stereocenters. The minimum absolute atomic E-state index is 0.0216. The van der Waals surface area contributed by atoms with Crippen molar-refractivity contribution in [1.29, 1.82) is 0 Å². The fraction of sp³-hybridized carbons (Fsp3) is 0. The summed E-state index contributed by atoms with van der Waals surface area (Å²) in [6.07, 6.45) is 1.13. The van der Waals surface area contributed by atoms with Gasteiger partial charge in [0.25, 0.3) is 9.05 Å². The van der Waals surface area contributed by atoms with Crippen LogP contribution in [0.15, 0.2) is 10.4 Å². The molecule has 0 saturated carbocycles. The highest BCUT2D eigenvalue weighted by atomic mass is 35.7. The van der Waals surface area contributed by atoms with Crippen LogP contribution in [0.1, 0.15) is 0 Å². The number of rotatable bonds is 1. The lowest BCUT2D eigenvalue weighted by molar-refractivity contribution is 0.611. The Morgan fingerprint density at radius 3 is 2.50 bits per heavy atom. The summed E-state index contributed by atoms with van der Waals surface area (Å²) in [7, 11) is 1.33. The second kappa shape index (κ2) is 2.37. The number of hydrogen-bond donors (Lipinski definition) is 1. The Labute approximate surface area is 66.1 Å². The smallest absolute Gasteiger partial charge is 0.272 e. The van der Waals surface area contributed by atoms with Gasteiger partial charge in [-0.15, -0.1) is 0 Å². The van der Waals surface area contributed by atoms with E-state index in [9.17, 15) is 8.42 Å². The van der Waals surface area contributed by atoms with Crippen LogP contribution in [-0.4, -0.2) is 13.4 Å². The molecule has 0 amide bonds. The summed E-state index contributed by atoms with van der Waals surface area (Å²) in [5.41, 5.74) is 5.16. The largest absolute Gasteiger partial charge is 0.375 e. The number of aromatic nitrogens is 1. The SMILES string of the molecule is Nc1ncc(S(=O)(=O)Cl)s1. The maximum absolute atomic E-state index is 10.5. The number of nitrogens with two attached hydrogens (primary N) is 1.